The smallest absolute Gasteiger partial charge is 0.226 e. The number of benzene rings is 1. The lowest BCUT2D eigenvalue weighted by molar-refractivity contribution is -0.116. The molecule has 0 saturated heterocycles. The van der Waals surface area contributed by atoms with Crippen LogP contribution in [0.4, 0.5) is 5.13 Å². The molecule has 1 amide bonds. The number of phenols is 1. The van der Waals surface area contributed by atoms with Gasteiger partial charge in [0, 0.05) is 22.9 Å². The van der Waals surface area contributed by atoms with Crippen molar-refractivity contribution in [3.63, 3.8) is 0 Å². The molecule has 2 aromatic rings. The first kappa shape index (κ1) is 25.2. The lowest BCUT2D eigenvalue weighted by Gasteiger charge is -2.50. The number of phenolic OH excluding ortho intramolecular Hbond substituents is 1. The maximum atomic E-state index is 12.8. The normalized spacial score (nSPS) is 30.0. The minimum atomic E-state index is 0.0157. The second kappa shape index (κ2) is 9.81. The Hall–Kier alpha value is -2.41. The molecule has 0 spiro atoms. The molecule has 0 bridgehead atoms. The molecule has 3 aliphatic rings. The molecule has 5 rings (SSSR count). The van der Waals surface area contributed by atoms with Gasteiger partial charge in [-0.05, 0) is 105 Å². The number of aromatic nitrogens is 1. The fourth-order valence-electron chi connectivity index (χ4n) is 7.77. The zero-order chi connectivity index (χ0) is 25.6. The number of rotatable bonds is 6. The van der Waals surface area contributed by atoms with Crippen LogP contribution in [0.25, 0.3) is 0 Å². The molecule has 5 unspecified atom stereocenters. The molecule has 1 heterocycles. The summed E-state index contributed by atoms with van der Waals surface area (Å²) in [6.45, 7) is 8.60. The van der Waals surface area contributed by atoms with Gasteiger partial charge in [-0.2, -0.15) is 0 Å². The Kier molecular flexibility index (Phi) is 6.88. The summed E-state index contributed by atoms with van der Waals surface area (Å²) >= 11 is 1.52. The molecule has 6 nitrogen and oxygen atoms in total. The Morgan fingerprint density at radius 2 is 2.17 bits per heavy atom. The Balaban J connectivity index is 1.41. The average Bonchev–Trinajstić information content (AvgIpc) is 3.39. The molecule has 3 aliphatic carbocycles. The van der Waals surface area contributed by atoms with Gasteiger partial charge in [0.2, 0.25) is 5.91 Å². The van der Waals surface area contributed by atoms with Gasteiger partial charge in [-0.3, -0.25) is 4.79 Å². The van der Waals surface area contributed by atoms with E-state index in [1.807, 2.05) is 6.92 Å². The molecular weight excluding hydrogens is 470 g/mol. The van der Waals surface area contributed by atoms with E-state index in [-0.39, 0.29) is 11.3 Å². The van der Waals surface area contributed by atoms with Crippen LogP contribution in [0, 0.1) is 37.0 Å². The SMILES string of the molecule is CCc1cc2c(c(C)c1O)CCC1C2CCC2(C)C(=NOC)CC(CCC(=O)Nc3ncc(C)s3)C12. The van der Waals surface area contributed by atoms with E-state index in [9.17, 15) is 9.90 Å². The van der Waals surface area contributed by atoms with E-state index in [1.54, 1.807) is 13.3 Å². The number of nitrogens with zero attached hydrogens (tertiary/aromatic N) is 2. The van der Waals surface area contributed by atoms with Crippen LogP contribution in [0.1, 0.15) is 85.4 Å². The highest BCUT2D eigenvalue weighted by molar-refractivity contribution is 7.15. The molecule has 0 radical (unpaired) electrons. The van der Waals surface area contributed by atoms with Crippen LogP contribution in [-0.2, 0) is 22.5 Å². The average molecular weight is 510 g/mol. The maximum absolute atomic E-state index is 12.8. The Morgan fingerprint density at radius 3 is 2.86 bits per heavy atom. The number of aromatic hydroxyl groups is 1. The van der Waals surface area contributed by atoms with Crippen LogP contribution in [0.3, 0.4) is 0 Å². The summed E-state index contributed by atoms with van der Waals surface area (Å²) in [5.74, 6) is 2.49. The van der Waals surface area contributed by atoms with Crippen molar-refractivity contribution < 1.29 is 14.7 Å². The highest BCUT2D eigenvalue weighted by Gasteiger charge is 2.57. The topological polar surface area (TPSA) is 83.8 Å². The minimum absolute atomic E-state index is 0.0157. The van der Waals surface area contributed by atoms with Crippen molar-refractivity contribution in [1.82, 2.24) is 4.98 Å². The van der Waals surface area contributed by atoms with Gasteiger partial charge in [-0.1, -0.05) is 25.1 Å². The zero-order valence-corrected chi connectivity index (χ0v) is 23.0. The number of hydrogen-bond donors (Lipinski definition) is 2. The molecular formula is C29H39N3O3S. The van der Waals surface area contributed by atoms with E-state index >= 15 is 0 Å². The summed E-state index contributed by atoms with van der Waals surface area (Å²) in [5, 5.41) is 18.9. The summed E-state index contributed by atoms with van der Waals surface area (Å²) in [4.78, 5) is 23.5. The van der Waals surface area contributed by atoms with Gasteiger partial charge in [0.25, 0.3) is 0 Å². The third-order valence-electron chi connectivity index (χ3n) is 9.42. The van der Waals surface area contributed by atoms with Crippen LogP contribution in [0.15, 0.2) is 17.4 Å². The van der Waals surface area contributed by atoms with Gasteiger partial charge in [0.05, 0.1) is 5.71 Å². The molecule has 2 fully saturated rings. The number of aryl methyl sites for hydroxylation is 2. The second-order valence-electron chi connectivity index (χ2n) is 11.3. The Labute approximate surface area is 218 Å². The van der Waals surface area contributed by atoms with E-state index in [4.69, 9.17) is 4.84 Å². The van der Waals surface area contributed by atoms with Crippen LogP contribution >= 0.6 is 11.3 Å². The summed E-state index contributed by atoms with van der Waals surface area (Å²) in [7, 11) is 1.65. The maximum Gasteiger partial charge on any atom is 0.226 e. The Bertz CT molecular complexity index is 1190. The predicted molar refractivity (Wildman–Crippen MR) is 145 cm³/mol. The number of carbonyl (C=O) groups is 1. The van der Waals surface area contributed by atoms with E-state index in [0.717, 1.165) is 60.9 Å². The number of amides is 1. The van der Waals surface area contributed by atoms with Gasteiger partial charge in [0.15, 0.2) is 5.13 Å². The minimum Gasteiger partial charge on any atom is -0.507 e. The quantitative estimate of drug-likeness (QED) is 0.434. The highest BCUT2D eigenvalue weighted by atomic mass is 32.1. The monoisotopic (exact) mass is 509 g/mol. The molecule has 194 valence electrons. The molecule has 1 aromatic heterocycles. The molecule has 36 heavy (non-hydrogen) atoms. The van der Waals surface area contributed by atoms with Crippen LogP contribution < -0.4 is 5.32 Å². The summed E-state index contributed by atoms with van der Waals surface area (Å²) in [5.41, 5.74) is 6.17. The van der Waals surface area contributed by atoms with Gasteiger partial charge in [0.1, 0.15) is 12.9 Å². The van der Waals surface area contributed by atoms with Crippen molar-refractivity contribution in [2.24, 2.45) is 28.3 Å². The molecule has 5 atom stereocenters. The van der Waals surface area contributed by atoms with Crippen LogP contribution in [-0.4, -0.2) is 28.8 Å². The third-order valence-corrected chi connectivity index (χ3v) is 10.2. The molecule has 0 aliphatic heterocycles. The van der Waals surface area contributed by atoms with Crippen molar-refractivity contribution in [1.29, 1.82) is 0 Å². The van der Waals surface area contributed by atoms with Gasteiger partial charge >= 0.3 is 0 Å². The van der Waals surface area contributed by atoms with E-state index in [0.29, 0.717) is 41.0 Å². The summed E-state index contributed by atoms with van der Waals surface area (Å²) in [6, 6.07) is 2.30. The van der Waals surface area contributed by atoms with Crippen LogP contribution in [0.2, 0.25) is 0 Å². The van der Waals surface area contributed by atoms with Crippen molar-refractivity contribution in [3.8, 4) is 5.75 Å². The first-order valence-electron chi connectivity index (χ1n) is 13.4. The van der Waals surface area contributed by atoms with Gasteiger partial charge in [-0.15, -0.1) is 11.3 Å². The Morgan fingerprint density at radius 1 is 1.36 bits per heavy atom. The fraction of sp³-hybridized carbons (Fsp3) is 0.621. The van der Waals surface area contributed by atoms with Gasteiger partial charge in [-0.25, -0.2) is 4.98 Å². The number of anilines is 1. The first-order chi connectivity index (χ1) is 17.3. The first-order valence-corrected chi connectivity index (χ1v) is 14.2. The number of thiazole rings is 1. The number of fused-ring (bicyclic) bond motifs is 5. The van der Waals surface area contributed by atoms with Gasteiger partial charge < -0.3 is 15.3 Å². The number of hydrogen-bond acceptors (Lipinski definition) is 6. The standard InChI is InChI=1S/C29H39N3O3S/c1-6-18-13-23-20(17(3)27(18)34)8-9-22-21(23)11-12-29(4)24(32-35-5)14-19(26(22)29)7-10-25(33)31-28-30-15-16(2)36-28/h13,15,19,21-22,26,34H,6-12,14H2,1-5H3,(H,30,31,33). The molecule has 7 heteroatoms. The molecule has 2 N–H and O–H groups in total. The largest absolute Gasteiger partial charge is 0.507 e. The number of oxime groups is 1. The predicted octanol–water partition coefficient (Wildman–Crippen LogP) is 6.53. The molecule has 1 aromatic carbocycles. The lowest BCUT2D eigenvalue weighted by atomic mass is 9.53. The van der Waals surface area contributed by atoms with Crippen LogP contribution in [0.5, 0.6) is 5.75 Å². The zero-order valence-electron chi connectivity index (χ0n) is 22.2. The van der Waals surface area contributed by atoms with Crippen molar-refractivity contribution in [3.05, 3.63) is 39.4 Å². The fourth-order valence-corrected chi connectivity index (χ4v) is 8.45. The summed E-state index contributed by atoms with van der Waals surface area (Å²) in [6.07, 6.45) is 9.26. The number of nitrogens with one attached hydrogen (secondary N) is 1. The second-order valence-corrected chi connectivity index (χ2v) is 12.5. The summed E-state index contributed by atoms with van der Waals surface area (Å²) < 4.78 is 0. The number of carbonyl (C=O) groups excluding carboxylic acids is 1. The van der Waals surface area contributed by atoms with Crippen molar-refractivity contribution in [2.45, 2.75) is 85.0 Å². The van der Waals surface area contributed by atoms with E-state index < -0.39 is 0 Å². The highest BCUT2D eigenvalue weighted by Crippen LogP contribution is 2.63. The third kappa shape index (κ3) is 4.23. The van der Waals surface area contributed by atoms with E-state index in [1.165, 1.54) is 28.2 Å². The van der Waals surface area contributed by atoms with Crippen molar-refractivity contribution >= 4 is 28.1 Å². The van der Waals surface area contributed by atoms with E-state index in [2.05, 4.69) is 42.3 Å². The molecule has 2 saturated carbocycles. The van der Waals surface area contributed by atoms with Crippen molar-refractivity contribution in [2.75, 3.05) is 12.4 Å². The lowest BCUT2D eigenvalue weighted by Crippen LogP contribution is -2.44.